The first kappa shape index (κ1) is 20.0. The van der Waals surface area contributed by atoms with Gasteiger partial charge in [0.25, 0.3) is 0 Å². The highest BCUT2D eigenvalue weighted by Gasteiger charge is 2.26. The van der Waals surface area contributed by atoms with E-state index in [0.717, 1.165) is 58.1 Å². The summed E-state index contributed by atoms with van der Waals surface area (Å²) in [5, 5.41) is 6.83. The first-order valence-electron chi connectivity index (χ1n) is 9.64. The van der Waals surface area contributed by atoms with Crippen molar-refractivity contribution >= 4 is 11.9 Å². The molecule has 0 aromatic rings. The fourth-order valence-electron chi connectivity index (χ4n) is 3.69. The maximum absolute atomic E-state index is 11.8. The molecule has 3 unspecified atom stereocenters. The van der Waals surface area contributed by atoms with Crippen LogP contribution in [0.15, 0.2) is 4.99 Å². The zero-order chi connectivity index (χ0) is 18.2. The second-order valence-electron chi connectivity index (χ2n) is 7.19. The third-order valence-electron chi connectivity index (χ3n) is 4.85. The maximum atomic E-state index is 11.8. The van der Waals surface area contributed by atoms with Crippen LogP contribution in [0.2, 0.25) is 0 Å². The minimum absolute atomic E-state index is 0.237. The highest BCUT2D eigenvalue weighted by molar-refractivity contribution is 5.80. The third-order valence-corrected chi connectivity index (χ3v) is 4.85. The Hall–Kier alpha value is -1.34. The van der Waals surface area contributed by atoms with Crippen LogP contribution in [-0.4, -0.2) is 86.2 Å². The molecule has 0 bridgehead atoms. The Morgan fingerprint density at radius 2 is 1.96 bits per heavy atom. The van der Waals surface area contributed by atoms with E-state index in [9.17, 15) is 4.79 Å². The summed E-state index contributed by atoms with van der Waals surface area (Å²) in [6, 6.07) is 0.294. The topological polar surface area (TPSA) is 69.2 Å². The van der Waals surface area contributed by atoms with E-state index >= 15 is 0 Å². The molecule has 25 heavy (non-hydrogen) atoms. The predicted octanol–water partition coefficient (Wildman–Crippen LogP) is 0.662. The molecule has 0 radical (unpaired) electrons. The number of nitrogens with one attached hydrogen (secondary N) is 2. The van der Waals surface area contributed by atoms with Crippen molar-refractivity contribution in [1.82, 2.24) is 20.4 Å². The molecule has 0 aromatic carbocycles. The smallest absolute Gasteiger partial charge is 0.222 e. The third kappa shape index (κ3) is 6.47. The van der Waals surface area contributed by atoms with Gasteiger partial charge in [-0.05, 0) is 26.7 Å². The highest BCUT2D eigenvalue weighted by atomic mass is 16.5. The molecule has 2 aliphatic heterocycles. The van der Waals surface area contributed by atoms with E-state index in [1.165, 1.54) is 0 Å². The number of likely N-dealkylation sites (tertiary alicyclic amines) is 1. The lowest BCUT2D eigenvalue weighted by Gasteiger charge is -2.35. The number of aliphatic imine (C=N–C) groups is 1. The minimum Gasteiger partial charge on any atom is -0.373 e. The lowest BCUT2D eigenvalue weighted by atomic mass is 10.2. The number of guanidine groups is 1. The van der Waals surface area contributed by atoms with Crippen molar-refractivity contribution < 1.29 is 9.53 Å². The average Bonchev–Trinajstić information content (AvgIpc) is 3.04. The summed E-state index contributed by atoms with van der Waals surface area (Å²) in [7, 11) is 1.80. The fourth-order valence-corrected chi connectivity index (χ4v) is 3.69. The van der Waals surface area contributed by atoms with Crippen molar-refractivity contribution in [3.63, 3.8) is 0 Å². The molecule has 0 spiro atoms. The number of rotatable bonds is 6. The van der Waals surface area contributed by atoms with Gasteiger partial charge in [0.05, 0.1) is 12.2 Å². The van der Waals surface area contributed by atoms with Gasteiger partial charge in [-0.25, -0.2) is 0 Å². The van der Waals surface area contributed by atoms with E-state index in [2.05, 4.69) is 34.4 Å². The quantitative estimate of drug-likeness (QED) is 0.417. The molecule has 2 aliphatic rings. The van der Waals surface area contributed by atoms with Gasteiger partial charge in [0, 0.05) is 58.8 Å². The minimum atomic E-state index is 0.237. The van der Waals surface area contributed by atoms with Crippen molar-refractivity contribution in [2.75, 3.05) is 46.3 Å². The van der Waals surface area contributed by atoms with E-state index in [1.807, 2.05) is 11.8 Å². The number of ether oxygens (including phenoxy) is 1. The zero-order valence-electron chi connectivity index (χ0n) is 16.3. The van der Waals surface area contributed by atoms with Gasteiger partial charge in [-0.2, -0.15) is 0 Å². The predicted molar refractivity (Wildman–Crippen MR) is 101 cm³/mol. The first-order valence-corrected chi connectivity index (χ1v) is 9.64. The summed E-state index contributed by atoms with van der Waals surface area (Å²) in [6.07, 6.45) is 3.28. The number of hydrogen-bond acceptors (Lipinski definition) is 4. The van der Waals surface area contributed by atoms with Crippen LogP contribution in [0.1, 0.15) is 40.0 Å². The van der Waals surface area contributed by atoms with E-state index in [1.54, 1.807) is 7.05 Å². The molecule has 144 valence electrons. The Morgan fingerprint density at radius 3 is 2.60 bits per heavy atom. The number of morpholine rings is 1. The van der Waals surface area contributed by atoms with Gasteiger partial charge in [0.2, 0.25) is 5.91 Å². The molecule has 1 amide bonds. The molecule has 2 rings (SSSR count). The Labute approximate surface area is 152 Å². The van der Waals surface area contributed by atoms with Gasteiger partial charge in [0.1, 0.15) is 0 Å². The number of nitrogens with zero attached hydrogens (tertiary/aromatic N) is 3. The van der Waals surface area contributed by atoms with Crippen molar-refractivity contribution in [2.24, 2.45) is 4.99 Å². The Bertz CT molecular complexity index is 447. The SMILES string of the molecule is CCC(=O)N1CCC(NC(=NC)NCCCN2CC(C)OC(C)C2)C1. The monoisotopic (exact) mass is 353 g/mol. The normalized spacial score (nSPS) is 28.2. The van der Waals surface area contributed by atoms with Crippen LogP contribution in [0.3, 0.4) is 0 Å². The maximum Gasteiger partial charge on any atom is 0.222 e. The molecule has 7 nitrogen and oxygen atoms in total. The van der Waals surface area contributed by atoms with Gasteiger partial charge in [-0.1, -0.05) is 6.92 Å². The Kier molecular flexibility index (Phi) is 7.96. The molecule has 2 heterocycles. The molecule has 0 aliphatic carbocycles. The van der Waals surface area contributed by atoms with Gasteiger partial charge in [-0.15, -0.1) is 0 Å². The van der Waals surface area contributed by atoms with Crippen molar-refractivity contribution in [3.05, 3.63) is 0 Å². The molecule has 2 fully saturated rings. The summed E-state index contributed by atoms with van der Waals surface area (Å²) in [6.45, 7) is 11.8. The average molecular weight is 354 g/mol. The van der Waals surface area contributed by atoms with Crippen LogP contribution in [0.4, 0.5) is 0 Å². The van der Waals surface area contributed by atoms with Crippen molar-refractivity contribution in [3.8, 4) is 0 Å². The molecule has 7 heteroatoms. The molecule has 2 saturated heterocycles. The van der Waals surface area contributed by atoms with Crippen LogP contribution in [0, 0.1) is 0 Å². The number of carbonyl (C=O) groups is 1. The summed E-state index contributed by atoms with van der Waals surface area (Å²) in [4.78, 5) is 20.5. The second kappa shape index (κ2) is 9.97. The Balaban J connectivity index is 1.63. The lowest BCUT2D eigenvalue weighted by molar-refractivity contribution is -0.129. The summed E-state index contributed by atoms with van der Waals surface area (Å²) in [5.74, 6) is 1.07. The molecule has 0 aromatic heterocycles. The van der Waals surface area contributed by atoms with Gasteiger partial charge >= 0.3 is 0 Å². The van der Waals surface area contributed by atoms with Crippen molar-refractivity contribution in [1.29, 1.82) is 0 Å². The van der Waals surface area contributed by atoms with Crippen LogP contribution >= 0.6 is 0 Å². The lowest BCUT2D eigenvalue weighted by Crippen LogP contribution is -2.47. The van der Waals surface area contributed by atoms with Crippen LogP contribution in [0.5, 0.6) is 0 Å². The van der Waals surface area contributed by atoms with E-state index in [-0.39, 0.29) is 5.91 Å². The van der Waals surface area contributed by atoms with Crippen molar-refractivity contribution in [2.45, 2.75) is 58.3 Å². The largest absolute Gasteiger partial charge is 0.373 e. The zero-order valence-corrected chi connectivity index (χ0v) is 16.3. The van der Waals surface area contributed by atoms with E-state index in [0.29, 0.717) is 24.7 Å². The molecule has 2 N–H and O–H groups in total. The fraction of sp³-hybridized carbons (Fsp3) is 0.889. The number of carbonyl (C=O) groups excluding carboxylic acids is 1. The standard InChI is InChI=1S/C18H35N5O2/c1-5-17(24)23-10-7-16(13-23)21-18(19-4)20-8-6-9-22-11-14(2)25-15(3)12-22/h14-16H,5-13H2,1-4H3,(H2,19,20,21). The van der Waals surface area contributed by atoms with Gasteiger partial charge in [0.15, 0.2) is 5.96 Å². The number of amides is 1. The van der Waals surface area contributed by atoms with Crippen LogP contribution in [0.25, 0.3) is 0 Å². The molecular weight excluding hydrogens is 318 g/mol. The second-order valence-corrected chi connectivity index (χ2v) is 7.19. The molecule has 3 atom stereocenters. The summed E-state index contributed by atoms with van der Waals surface area (Å²) >= 11 is 0. The van der Waals surface area contributed by atoms with Gasteiger partial charge in [-0.3, -0.25) is 14.7 Å². The first-order chi connectivity index (χ1) is 12.0. The summed E-state index contributed by atoms with van der Waals surface area (Å²) < 4.78 is 5.77. The Morgan fingerprint density at radius 1 is 1.24 bits per heavy atom. The molecular formula is C18H35N5O2. The van der Waals surface area contributed by atoms with Crippen LogP contribution < -0.4 is 10.6 Å². The van der Waals surface area contributed by atoms with E-state index in [4.69, 9.17) is 4.74 Å². The highest BCUT2D eigenvalue weighted by Crippen LogP contribution is 2.11. The van der Waals surface area contributed by atoms with E-state index < -0.39 is 0 Å². The summed E-state index contributed by atoms with van der Waals surface area (Å²) in [5.41, 5.74) is 0. The molecule has 0 saturated carbocycles. The van der Waals surface area contributed by atoms with Gasteiger partial charge < -0.3 is 20.3 Å². The number of hydrogen-bond donors (Lipinski definition) is 2. The van der Waals surface area contributed by atoms with Crippen LogP contribution in [-0.2, 0) is 9.53 Å².